The van der Waals surface area contributed by atoms with Crippen molar-refractivity contribution in [3.05, 3.63) is 21.9 Å². The van der Waals surface area contributed by atoms with E-state index in [1.807, 2.05) is 7.11 Å². The average molecular weight is 293 g/mol. The highest BCUT2D eigenvalue weighted by Crippen LogP contribution is 2.24. The zero-order valence-corrected chi connectivity index (χ0v) is 13.1. The van der Waals surface area contributed by atoms with Crippen LogP contribution in [0.1, 0.15) is 30.2 Å². The van der Waals surface area contributed by atoms with Gasteiger partial charge >= 0.3 is 0 Å². The van der Waals surface area contributed by atoms with Crippen molar-refractivity contribution in [2.45, 2.75) is 32.4 Å². The van der Waals surface area contributed by atoms with Crippen LogP contribution in [0.2, 0.25) is 0 Å². The van der Waals surface area contributed by atoms with Gasteiger partial charge in [0, 0.05) is 37.1 Å². The summed E-state index contributed by atoms with van der Waals surface area (Å²) >= 11 is 1.76. The number of likely N-dealkylation sites (tertiary alicyclic amines) is 1. The summed E-state index contributed by atoms with van der Waals surface area (Å²) in [6, 6.07) is 2.07. The minimum atomic E-state index is 0.131. The zero-order valence-electron chi connectivity index (χ0n) is 12.3. The van der Waals surface area contributed by atoms with E-state index in [9.17, 15) is 0 Å². The Morgan fingerprint density at radius 2 is 2.40 bits per heavy atom. The van der Waals surface area contributed by atoms with Gasteiger partial charge in [0.25, 0.3) is 0 Å². The van der Waals surface area contributed by atoms with Crippen LogP contribution in [0.4, 0.5) is 0 Å². The van der Waals surface area contributed by atoms with Gasteiger partial charge in [0.1, 0.15) is 0 Å². The largest absolute Gasteiger partial charge is 0.395 e. The number of ether oxygens (including phenoxy) is 1. The Morgan fingerprint density at radius 1 is 1.55 bits per heavy atom. The Bertz CT molecular complexity index is 474. The lowest BCUT2D eigenvalue weighted by Gasteiger charge is -2.36. The predicted molar refractivity (Wildman–Crippen MR) is 82.8 cm³/mol. The molecular formula is C16H23NO2S. The van der Waals surface area contributed by atoms with Gasteiger partial charge in [-0.1, -0.05) is 18.8 Å². The number of nitrogens with zero attached hydrogens (tertiary/aromatic N) is 1. The first-order valence-electron chi connectivity index (χ1n) is 7.15. The number of aliphatic hydroxyl groups excluding tert-OH is 1. The van der Waals surface area contributed by atoms with Crippen LogP contribution in [0.15, 0.2) is 11.4 Å². The molecular weight excluding hydrogens is 270 g/mol. The van der Waals surface area contributed by atoms with Crippen molar-refractivity contribution in [2.24, 2.45) is 5.92 Å². The molecule has 1 aliphatic rings. The summed E-state index contributed by atoms with van der Waals surface area (Å²) in [7, 11) is 1.81. The molecule has 0 aromatic carbocycles. The monoisotopic (exact) mass is 293 g/mol. The lowest BCUT2D eigenvalue weighted by atomic mass is 9.96. The number of hydrogen-bond acceptors (Lipinski definition) is 4. The highest BCUT2D eigenvalue weighted by atomic mass is 32.1. The number of piperidine rings is 1. The highest BCUT2D eigenvalue weighted by Gasteiger charge is 2.26. The molecule has 1 N–H and O–H groups in total. The Balaban J connectivity index is 1.97. The molecule has 4 heteroatoms. The summed E-state index contributed by atoms with van der Waals surface area (Å²) in [5.74, 6) is 6.81. The van der Waals surface area contributed by atoms with Crippen molar-refractivity contribution in [1.82, 2.24) is 4.90 Å². The van der Waals surface area contributed by atoms with Crippen molar-refractivity contribution < 1.29 is 9.84 Å². The van der Waals surface area contributed by atoms with Gasteiger partial charge in [-0.05, 0) is 30.3 Å². The van der Waals surface area contributed by atoms with E-state index in [1.54, 1.807) is 11.3 Å². The smallest absolute Gasteiger partial charge is 0.0724 e. The molecule has 0 radical (unpaired) electrons. The maximum atomic E-state index is 8.78. The molecule has 0 saturated carbocycles. The summed E-state index contributed by atoms with van der Waals surface area (Å²) in [4.78, 5) is 3.77. The summed E-state index contributed by atoms with van der Waals surface area (Å²) in [5, 5.41) is 10.9. The molecule has 0 aliphatic carbocycles. The normalized spacial score (nSPS) is 23.4. The van der Waals surface area contributed by atoms with E-state index in [1.165, 1.54) is 11.3 Å². The highest BCUT2D eigenvalue weighted by molar-refractivity contribution is 7.10. The zero-order chi connectivity index (χ0) is 14.4. The van der Waals surface area contributed by atoms with Crippen LogP contribution in [0, 0.1) is 17.8 Å². The Morgan fingerprint density at radius 3 is 3.15 bits per heavy atom. The second kappa shape index (κ2) is 7.80. The lowest BCUT2D eigenvalue weighted by molar-refractivity contribution is -0.00717. The molecule has 1 aliphatic heterocycles. The average Bonchev–Trinajstić information content (AvgIpc) is 2.88. The summed E-state index contributed by atoms with van der Waals surface area (Å²) < 4.78 is 5.57. The lowest BCUT2D eigenvalue weighted by Crippen LogP contribution is -2.43. The molecule has 2 rings (SSSR count). The van der Waals surface area contributed by atoms with Gasteiger partial charge in [0.15, 0.2) is 0 Å². The van der Waals surface area contributed by atoms with Crippen molar-refractivity contribution in [1.29, 1.82) is 0 Å². The molecule has 0 amide bonds. The van der Waals surface area contributed by atoms with Crippen LogP contribution >= 0.6 is 11.3 Å². The third-order valence-corrected chi connectivity index (χ3v) is 4.75. The van der Waals surface area contributed by atoms with E-state index in [-0.39, 0.29) is 6.61 Å². The van der Waals surface area contributed by atoms with Gasteiger partial charge in [-0.25, -0.2) is 0 Å². The number of methoxy groups -OCH3 is 1. The van der Waals surface area contributed by atoms with Crippen LogP contribution < -0.4 is 0 Å². The van der Waals surface area contributed by atoms with Crippen LogP contribution in [0.5, 0.6) is 0 Å². The van der Waals surface area contributed by atoms with E-state index in [0.717, 1.165) is 25.2 Å². The summed E-state index contributed by atoms with van der Waals surface area (Å²) in [6.45, 7) is 5.48. The van der Waals surface area contributed by atoms with Crippen LogP contribution in [-0.2, 0) is 11.3 Å². The molecule has 110 valence electrons. The van der Waals surface area contributed by atoms with E-state index in [2.05, 4.69) is 35.1 Å². The van der Waals surface area contributed by atoms with Crippen LogP contribution in [-0.4, -0.2) is 42.9 Å². The van der Waals surface area contributed by atoms with E-state index >= 15 is 0 Å². The van der Waals surface area contributed by atoms with Crippen molar-refractivity contribution in [2.75, 3.05) is 26.8 Å². The Hall–Kier alpha value is -0.860. The van der Waals surface area contributed by atoms with Gasteiger partial charge in [-0.3, -0.25) is 4.90 Å². The molecule has 2 atom stereocenters. The first-order valence-corrected chi connectivity index (χ1v) is 8.03. The van der Waals surface area contributed by atoms with E-state index in [4.69, 9.17) is 9.84 Å². The molecule has 2 heterocycles. The molecule has 3 nitrogen and oxygen atoms in total. The first kappa shape index (κ1) is 15.5. The van der Waals surface area contributed by atoms with Gasteiger partial charge < -0.3 is 9.84 Å². The molecule has 1 aromatic heterocycles. The quantitative estimate of drug-likeness (QED) is 0.865. The predicted octanol–water partition coefficient (Wildman–Crippen LogP) is 2.34. The van der Waals surface area contributed by atoms with E-state index < -0.39 is 0 Å². The molecule has 1 aromatic rings. The van der Waals surface area contributed by atoms with Crippen LogP contribution in [0.3, 0.4) is 0 Å². The van der Waals surface area contributed by atoms with Gasteiger partial charge in [-0.2, -0.15) is 0 Å². The fourth-order valence-electron chi connectivity index (χ4n) is 2.54. The second-order valence-electron chi connectivity index (χ2n) is 5.31. The second-order valence-corrected chi connectivity index (χ2v) is 6.31. The van der Waals surface area contributed by atoms with E-state index in [0.29, 0.717) is 18.4 Å². The maximum absolute atomic E-state index is 8.78. The van der Waals surface area contributed by atoms with Crippen molar-refractivity contribution in [3.8, 4) is 11.8 Å². The molecule has 0 spiro atoms. The first-order chi connectivity index (χ1) is 9.74. The SMILES string of the molecule is COC1CN(Cc2sccc2C#CCCO)CCC1C. The van der Waals surface area contributed by atoms with Crippen molar-refractivity contribution >= 4 is 11.3 Å². The molecule has 2 unspecified atom stereocenters. The minimum absolute atomic E-state index is 0.131. The number of aliphatic hydroxyl groups is 1. The van der Waals surface area contributed by atoms with Gasteiger partial charge in [0.05, 0.1) is 12.7 Å². The van der Waals surface area contributed by atoms with Crippen molar-refractivity contribution in [3.63, 3.8) is 0 Å². The fourth-order valence-corrected chi connectivity index (χ4v) is 3.41. The molecule has 20 heavy (non-hydrogen) atoms. The van der Waals surface area contributed by atoms with Gasteiger partial charge in [0.2, 0.25) is 0 Å². The number of rotatable bonds is 4. The number of hydrogen-bond donors (Lipinski definition) is 1. The topological polar surface area (TPSA) is 32.7 Å². The third-order valence-electron chi connectivity index (χ3n) is 3.85. The van der Waals surface area contributed by atoms with Crippen LogP contribution in [0.25, 0.3) is 0 Å². The Labute approximate surface area is 125 Å². The number of thiophene rings is 1. The molecule has 1 fully saturated rings. The third kappa shape index (κ3) is 4.07. The summed E-state index contributed by atoms with van der Waals surface area (Å²) in [6.07, 6.45) is 2.07. The standard InChI is InChI=1S/C16H23NO2S/c1-13-6-8-17(11-15(13)19-2)12-16-14(7-10-20-16)5-3-4-9-18/h7,10,13,15,18H,4,6,8-9,11-12H2,1-2H3. The minimum Gasteiger partial charge on any atom is -0.395 e. The maximum Gasteiger partial charge on any atom is 0.0724 e. The van der Waals surface area contributed by atoms with Gasteiger partial charge in [-0.15, -0.1) is 11.3 Å². The fraction of sp³-hybridized carbons (Fsp3) is 0.625. The Kier molecular flexibility index (Phi) is 6.06. The summed E-state index contributed by atoms with van der Waals surface area (Å²) in [5.41, 5.74) is 1.11. The molecule has 1 saturated heterocycles. The molecule has 0 bridgehead atoms.